The van der Waals surface area contributed by atoms with Crippen molar-refractivity contribution >= 4 is 23.9 Å². The molecule has 0 aliphatic carbocycles. The van der Waals surface area contributed by atoms with Crippen molar-refractivity contribution in [1.82, 2.24) is 10.6 Å². The minimum absolute atomic E-state index is 0.0451. The van der Waals surface area contributed by atoms with Gasteiger partial charge in [-0.25, -0.2) is 0 Å². The Labute approximate surface area is 169 Å². The number of hydrogen-bond donors (Lipinski definition) is 3. The first-order valence-corrected chi connectivity index (χ1v) is 9.30. The molecule has 0 aromatic heterocycles. The normalized spacial score (nSPS) is 10.9. The van der Waals surface area contributed by atoms with Crippen LogP contribution >= 0.6 is 0 Å². The van der Waals surface area contributed by atoms with E-state index < -0.39 is 17.8 Å². The lowest BCUT2D eigenvalue weighted by atomic mass is 10.1. The molecule has 29 heavy (non-hydrogen) atoms. The summed E-state index contributed by atoms with van der Waals surface area (Å²) < 4.78 is 5.36. The molecule has 0 spiro atoms. The average molecular weight is 396 g/mol. The van der Waals surface area contributed by atoms with Gasteiger partial charge in [-0.3, -0.25) is 14.4 Å². The monoisotopic (exact) mass is 396 g/mol. The van der Waals surface area contributed by atoms with Crippen LogP contribution in [0, 0.1) is 0 Å². The number of nitrogens with one attached hydrogen (secondary N) is 2. The summed E-state index contributed by atoms with van der Waals surface area (Å²) >= 11 is 0. The summed E-state index contributed by atoms with van der Waals surface area (Å²) in [5, 5.41) is 14.0. The zero-order valence-electron chi connectivity index (χ0n) is 16.2. The molecule has 2 rings (SSSR count). The van der Waals surface area contributed by atoms with E-state index in [2.05, 4.69) is 10.6 Å². The molecular formula is C22H24N2O5. The van der Waals surface area contributed by atoms with Crippen molar-refractivity contribution in [2.75, 3.05) is 13.2 Å². The van der Waals surface area contributed by atoms with Crippen molar-refractivity contribution in [2.24, 2.45) is 0 Å². The number of carboxylic acid groups (broad SMARTS) is 1. The Bertz CT molecular complexity index is 861. The number of rotatable bonds is 10. The molecule has 2 amide bonds. The van der Waals surface area contributed by atoms with Gasteiger partial charge in [0.15, 0.2) is 0 Å². The van der Waals surface area contributed by atoms with Gasteiger partial charge >= 0.3 is 5.97 Å². The van der Waals surface area contributed by atoms with Crippen molar-refractivity contribution in [2.45, 2.75) is 19.8 Å². The van der Waals surface area contributed by atoms with Crippen LogP contribution in [0.4, 0.5) is 0 Å². The summed E-state index contributed by atoms with van der Waals surface area (Å²) in [7, 11) is 0. The summed E-state index contributed by atoms with van der Waals surface area (Å²) in [5.41, 5.74) is 1.20. The minimum Gasteiger partial charge on any atom is -0.494 e. The molecule has 2 aromatic rings. The summed E-state index contributed by atoms with van der Waals surface area (Å²) in [5.74, 6) is -1.20. The van der Waals surface area contributed by atoms with Crippen molar-refractivity contribution < 1.29 is 24.2 Å². The smallest absolute Gasteiger partial charge is 0.303 e. The van der Waals surface area contributed by atoms with Crippen LogP contribution in [0.25, 0.3) is 6.08 Å². The van der Waals surface area contributed by atoms with Gasteiger partial charge in [-0.15, -0.1) is 0 Å². The van der Waals surface area contributed by atoms with Crippen LogP contribution in [0.1, 0.15) is 35.7 Å². The summed E-state index contributed by atoms with van der Waals surface area (Å²) in [6.07, 6.45) is 1.82. The lowest BCUT2D eigenvalue weighted by Gasteiger charge is -2.11. The van der Waals surface area contributed by atoms with Crippen molar-refractivity contribution in [1.29, 1.82) is 0 Å². The molecule has 0 saturated heterocycles. The predicted octanol–water partition coefficient (Wildman–Crippen LogP) is 2.84. The second-order valence-electron chi connectivity index (χ2n) is 6.13. The van der Waals surface area contributed by atoms with E-state index in [9.17, 15) is 14.4 Å². The first-order chi connectivity index (χ1) is 14.0. The van der Waals surface area contributed by atoms with Crippen LogP contribution in [0.3, 0.4) is 0 Å². The van der Waals surface area contributed by atoms with E-state index in [-0.39, 0.29) is 18.7 Å². The Morgan fingerprint density at radius 2 is 1.72 bits per heavy atom. The third-order valence-corrected chi connectivity index (χ3v) is 3.88. The number of carbonyl (C=O) groups excluding carboxylic acids is 2. The van der Waals surface area contributed by atoms with Crippen molar-refractivity contribution in [3.8, 4) is 5.75 Å². The summed E-state index contributed by atoms with van der Waals surface area (Å²) in [4.78, 5) is 35.7. The number of hydrogen-bond acceptors (Lipinski definition) is 4. The number of aliphatic carboxylic acids is 1. The maximum absolute atomic E-state index is 12.6. The third-order valence-electron chi connectivity index (χ3n) is 3.88. The van der Waals surface area contributed by atoms with E-state index in [0.717, 1.165) is 5.56 Å². The molecule has 0 fully saturated rings. The second-order valence-corrected chi connectivity index (χ2v) is 6.13. The molecule has 0 aliphatic rings. The van der Waals surface area contributed by atoms with E-state index in [1.54, 1.807) is 42.5 Å². The van der Waals surface area contributed by atoms with Crippen LogP contribution in [0.15, 0.2) is 60.3 Å². The molecule has 7 heteroatoms. The standard InChI is InChI=1S/C22H24N2O5/c1-2-29-18-12-10-17(11-13-18)21(27)24-19(15-16-7-4-3-5-8-16)22(28)23-14-6-9-20(25)26/h3-5,7-8,10-13,15H,2,6,9,14H2,1H3,(H,23,28)(H,24,27)(H,25,26)/b19-15+. The summed E-state index contributed by atoms with van der Waals surface area (Å²) in [6, 6.07) is 15.7. The molecule has 0 unspecified atom stereocenters. The highest BCUT2D eigenvalue weighted by atomic mass is 16.5. The minimum atomic E-state index is -0.928. The predicted molar refractivity (Wildman–Crippen MR) is 109 cm³/mol. The van der Waals surface area contributed by atoms with E-state index in [1.165, 1.54) is 0 Å². The zero-order chi connectivity index (χ0) is 21.1. The maximum atomic E-state index is 12.6. The molecule has 7 nitrogen and oxygen atoms in total. The van der Waals surface area contributed by atoms with Gasteiger partial charge in [-0.2, -0.15) is 0 Å². The molecule has 152 valence electrons. The van der Waals surface area contributed by atoms with Gasteiger partial charge < -0.3 is 20.5 Å². The highest BCUT2D eigenvalue weighted by Crippen LogP contribution is 2.13. The topological polar surface area (TPSA) is 105 Å². The molecule has 0 bridgehead atoms. The molecular weight excluding hydrogens is 372 g/mol. The number of ether oxygens (including phenoxy) is 1. The average Bonchev–Trinajstić information content (AvgIpc) is 2.72. The second kappa shape index (κ2) is 11.3. The number of benzene rings is 2. The quantitative estimate of drug-likeness (QED) is 0.423. The van der Waals surface area contributed by atoms with E-state index in [1.807, 2.05) is 25.1 Å². The number of amides is 2. The fourth-order valence-electron chi connectivity index (χ4n) is 2.47. The first-order valence-electron chi connectivity index (χ1n) is 9.30. The largest absolute Gasteiger partial charge is 0.494 e. The van der Waals surface area contributed by atoms with Crippen molar-refractivity contribution in [3.05, 3.63) is 71.4 Å². The molecule has 0 saturated carbocycles. The molecule has 3 N–H and O–H groups in total. The molecule has 0 heterocycles. The lowest BCUT2D eigenvalue weighted by molar-refractivity contribution is -0.137. The van der Waals surface area contributed by atoms with Gasteiger partial charge in [0, 0.05) is 18.5 Å². The Morgan fingerprint density at radius 1 is 1.03 bits per heavy atom. The molecule has 2 aromatic carbocycles. The van der Waals surface area contributed by atoms with Crippen LogP contribution < -0.4 is 15.4 Å². The number of carboxylic acids is 1. The highest BCUT2D eigenvalue weighted by molar-refractivity contribution is 6.05. The Kier molecular flexibility index (Phi) is 8.44. The first kappa shape index (κ1) is 21.7. The summed E-state index contributed by atoms with van der Waals surface area (Å²) in [6.45, 7) is 2.59. The molecule has 0 atom stereocenters. The van der Waals surface area contributed by atoms with Gasteiger partial charge in [0.05, 0.1) is 6.61 Å². The van der Waals surface area contributed by atoms with Crippen LogP contribution in [0.5, 0.6) is 5.75 Å². The lowest BCUT2D eigenvalue weighted by Crippen LogP contribution is -2.35. The molecule has 0 radical (unpaired) electrons. The van der Waals surface area contributed by atoms with E-state index >= 15 is 0 Å². The highest BCUT2D eigenvalue weighted by Gasteiger charge is 2.15. The van der Waals surface area contributed by atoms with Crippen LogP contribution in [-0.2, 0) is 9.59 Å². The van der Waals surface area contributed by atoms with E-state index in [0.29, 0.717) is 24.3 Å². The van der Waals surface area contributed by atoms with Gasteiger partial charge in [0.2, 0.25) is 0 Å². The third kappa shape index (κ3) is 7.50. The Hall–Kier alpha value is -3.61. The SMILES string of the molecule is CCOc1ccc(C(=O)N/C(=C/c2ccccc2)C(=O)NCCCC(=O)O)cc1. The molecule has 0 aliphatic heterocycles. The fourth-order valence-corrected chi connectivity index (χ4v) is 2.47. The fraction of sp³-hybridized carbons (Fsp3) is 0.227. The van der Waals surface area contributed by atoms with Crippen LogP contribution in [-0.4, -0.2) is 36.0 Å². The van der Waals surface area contributed by atoms with E-state index in [4.69, 9.17) is 9.84 Å². The van der Waals surface area contributed by atoms with Crippen LogP contribution in [0.2, 0.25) is 0 Å². The van der Waals surface area contributed by atoms with Gasteiger partial charge in [0.1, 0.15) is 11.4 Å². The maximum Gasteiger partial charge on any atom is 0.303 e. The van der Waals surface area contributed by atoms with Crippen molar-refractivity contribution in [3.63, 3.8) is 0 Å². The number of carbonyl (C=O) groups is 3. The Morgan fingerprint density at radius 3 is 2.34 bits per heavy atom. The zero-order valence-corrected chi connectivity index (χ0v) is 16.2. The van der Waals surface area contributed by atoms with Gasteiger partial charge in [-0.05, 0) is 49.2 Å². The van der Waals surface area contributed by atoms with Gasteiger partial charge in [-0.1, -0.05) is 30.3 Å². The van der Waals surface area contributed by atoms with Gasteiger partial charge in [0.25, 0.3) is 11.8 Å². The Balaban J connectivity index is 2.12.